The van der Waals surface area contributed by atoms with E-state index in [4.69, 9.17) is 4.74 Å². The van der Waals surface area contributed by atoms with Gasteiger partial charge in [0.15, 0.2) is 0 Å². The molecule has 1 aromatic heterocycles. The molecule has 162 valence electrons. The number of carbonyl (C=O) groups is 2. The van der Waals surface area contributed by atoms with Gasteiger partial charge in [0.05, 0.1) is 23.9 Å². The van der Waals surface area contributed by atoms with E-state index in [0.29, 0.717) is 17.9 Å². The zero-order valence-corrected chi connectivity index (χ0v) is 17.0. The molecule has 1 amide bonds. The standard InChI is InChI=1S/C24H18F2N2O4/c1-2-32-17-7-3-5-14(11-17)22(29)20-21(15-6-4-10-27-13-15)28(24(31)23(20)30)19-12-16(25)8-9-18(19)26/h3-13,21,29H,2H2,1H3/b22-20+. The molecule has 1 saturated heterocycles. The van der Waals surface area contributed by atoms with E-state index < -0.39 is 40.8 Å². The minimum atomic E-state index is -1.21. The van der Waals surface area contributed by atoms with E-state index in [0.717, 1.165) is 23.1 Å². The summed E-state index contributed by atoms with van der Waals surface area (Å²) in [5.74, 6) is -3.79. The number of aliphatic hydroxyl groups excluding tert-OH is 1. The van der Waals surface area contributed by atoms with Crippen LogP contribution in [0.1, 0.15) is 24.1 Å². The van der Waals surface area contributed by atoms with E-state index in [-0.39, 0.29) is 11.1 Å². The molecule has 32 heavy (non-hydrogen) atoms. The Morgan fingerprint density at radius 2 is 1.94 bits per heavy atom. The first kappa shape index (κ1) is 21.2. The lowest BCUT2D eigenvalue weighted by Gasteiger charge is -2.25. The number of Topliss-reactive ketones (excluding diaryl/α,β-unsaturated/α-hetero) is 1. The highest BCUT2D eigenvalue weighted by atomic mass is 19.1. The third-order valence-corrected chi connectivity index (χ3v) is 5.03. The van der Waals surface area contributed by atoms with E-state index in [1.165, 1.54) is 18.5 Å². The number of anilines is 1. The van der Waals surface area contributed by atoms with Crippen molar-refractivity contribution in [1.29, 1.82) is 0 Å². The summed E-state index contributed by atoms with van der Waals surface area (Å²) in [6.45, 7) is 2.19. The number of carbonyl (C=O) groups excluding carboxylic acids is 2. The van der Waals surface area contributed by atoms with E-state index in [1.54, 1.807) is 37.3 Å². The van der Waals surface area contributed by atoms with Crippen molar-refractivity contribution < 1.29 is 28.2 Å². The molecule has 0 bridgehead atoms. The monoisotopic (exact) mass is 436 g/mol. The lowest BCUT2D eigenvalue weighted by molar-refractivity contribution is -0.132. The van der Waals surface area contributed by atoms with Crippen LogP contribution in [0.25, 0.3) is 5.76 Å². The SMILES string of the molecule is CCOc1cccc(/C(O)=C2\C(=O)C(=O)N(c3cc(F)ccc3F)C2c2cccnc2)c1. The van der Waals surface area contributed by atoms with Crippen LogP contribution < -0.4 is 9.64 Å². The Labute approximate surface area is 182 Å². The summed E-state index contributed by atoms with van der Waals surface area (Å²) in [4.78, 5) is 30.8. The second-order valence-corrected chi connectivity index (χ2v) is 7.01. The Hall–Kier alpha value is -4.07. The van der Waals surface area contributed by atoms with Gasteiger partial charge in [0.2, 0.25) is 0 Å². The molecule has 8 heteroatoms. The second-order valence-electron chi connectivity index (χ2n) is 7.01. The van der Waals surface area contributed by atoms with Crippen LogP contribution in [0, 0.1) is 11.6 Å². The van der Waals surface area contributed by atoms with Gasteiger partial charge in [0.1, 0.15) is 23.1 Å². The van der Waals surface area contributed by atoms with Crippen molar-refractivity contribution in [1.82, 2.24) is 4.98 Å². The van der Waals surface area contributed by atoms with Crippen molar-refractivity contribution in [3.8, 4) is 5.75 Å². The van der Waals surface area contributed by atoms with Crippen LogP contribution >= 0.6 is 0 Å². The summed E-state index contributed by atoms with van der Waals surface area (Å²) in [6.07, 6.45) is 2.88. The predicted octanol–water partition coefficient (Wildman–Crippen LogP) is 4.38. The van der Waals surface area contributed by atoms with Gasteiger partial charge in [-0.3, -0.25) is 19.5 Å². The topological polar surface area (TPSA) is 79.7 Å². The zero-order chi connectivity index (χ0) is 22.8. The molecule has 1 unspecified atom stereocenters. The van der Waals surface area contributed by atoms with Crippen molar-refractivity contribution >= 4 is 23.1 Å². The molecule has 1 N–H and O–H groups in total. The Bertz CT molecular complexity index is 1230. The third-order valence-electron chi connectivity index (χ3n) is 5.03. The molecule has 1 aliphatic heterocycles. The molecule has 2 heterocycles. The molecule has 1 atom stereocenters. The van der Waals surface area contributed by atoms with Crippen LogP contribution in [0.4, 0.5) is 14.5 Å². The molecule has 3 aromatic rings. The Kier molecular flexibility index (Phi) is 5.68. The highest BCUT2D eigenvalue weighted by Crippen LogP contribution is 2.43. The quantitative estimate of drug-likeness (QED) is 0.365. The summed E-state index contributed by atoms with van der Waals surface area (Å²) in [6, 6.07) is 10.9. The normalized spacial score (nSPS) is 17.6. The van der Waals surface area contributed by atoms with Crippen molar-refractivity contribution in [2.45, 2.75) is 13.0 Å². The smallest absolute Gasteiger partial charge is 0.300 e. The van der Waals surface area contributed by atoms with Crippen molar-refractivity contribution in [2.75, 3.05) is 11.5 Å². The summed E-state index contributed by atoms with van der Waals surface area (Å²) >= 11 is 0. The molecule has 0 aliphatic carbocycles. The van der Waals surface area contributed by atoms with E-state index >= 15 is 0 Å². The first-order valence-electron chi connectivity index (χ1n) is 9.81. The fourth-order valence-corrected chi connectivity index (χ4v) is 3.66. The highest BCUT2D eigenvalue weighted by molar-refractivity contribution is 6.51. The number of benzene rings is 2. The fraction of sp³-hybridized carbons (Fsp3) is 0.125. The summed E-state index contributed by atoms with van der Waals surface area (Å²) < 4.78 is 34.0. The number of pyridine rings is 1. The van der Waals surface area contributed by atoms with Gasteiger partial charge in [0.25, 0.3) is 11.7 Å². The number of hydrogen-bond donors (Lipinski definition) is 1. The van der Waals surface area contributed by atoms with Crippen LogP contribution in [0.2, 0.25) is 0 Å². The van der Waals surface area contributed by atoms with Gasteiger partial charge in [-0.15, -0.1) is 0 Å². The van der Waals surface area contributed by atoms with E-state index in [1.807, 2.05) is 0 Å². The lowest BCUT2D eigenvalue weighted by atomic mass is 9.96. The second kappa shape index (κ2) is 8.58. The maximum Gasteiger partial charge on any atom is 0.300 e. The van der Waals surface area contributed by atoms with Gasteiger partial charge in [-0.2, -0.15) is 0 Å². The molecule has 0 spiro atoms. The molecule has 0 saturated carbocycles. The van der Waals surface area contributed by atoms with Gasteiger partial charge in [0, 0.05) is 24.0 Å². The minimum absolute atomic E-state index is 0.238. The maximum absolute atomic E-state index is 14.6. The maximum atomic E-state index is 14.6. The highest BCUT2D eigenvalue weighted by Gasteiger charge is 2.48. The van der Waals surface area contributed by atoms with Crippen LogP contribution in [0.3, 0.4) is 0 Å². The third kappa shape index (κ3) is 3.71. The first-order chi connectivity index (χ1) is 15.4. The predicted molar refractivity (Wildman–Crippen MR) is 113 cm³/mol. The molecular formula is C24H18F2N2O4. The number of aromatic nitrogens is 1. The molecule has 4 rings (SSSR count). The minimum Gasteiger partial charge on any atom is -0.507 e. The molecule has 1 aliphatic rings. The van der Waals surface area contributed by atoms with Gasteiger partial charge >= 0.3 is 0 Å². The zero-order valence-electron chi connectivity index (χ0n) is 17.0. The molecule has 2 aromatic carbocycles. The van der Waals surface area contributed by atoms with Crippen LogP contribution in [-0.2, 0) is 9.59 Å². The molecule has 6 nitrogen and oxygen atoms in total. The van der Waals surface area contributed by atoms with Crippen LogP contribution in [0.15, 0.2) is 72.6 Å². The Morgan fingerprint density at radius 1 is 1.12 bits per heavy atom. The number of ketones is 1. The lowest BCUT2D eigenvalue weighted by Crippen LogP contribution is -2.30. The van der Waals surface area contributed by atoms with Gasteiger partial charge < -0.3 is 9.84 Å². The Balaban J connectivity index is 1.94. The van der Waals surface area contributed by atoms with Crippen molar-refractivity contribution in [3.63, 3.8) is 0 Å². The first-order valence-corrected chi connectivity index (χ1v) is 9.81. The van der Waals surface area contributed by atoms with E-state index in [9.17, 15) is 23.5 Å². The average molecular weight is 436 g/mol. The molecular weight excluding hydrogens is 418 g/mol. The van der Waals surface area contributed by atoms with E-state index in [2.05, 4.69) is 4.98 Å². The van der Waals surface area contributed by atoms with Gasteiger partial charge in [-0.25, -0.2) is 8.78 Å². The van der Waals surface area contributed by atoms with Gasteiger partial charge in [-0.1, -0.05) is 18.2 Å². The molecule has 1 fully saturated rings. The summed E-state index contributed by atoms with van der Waals surface area (Å²) in [5.41, 5.74) is -0.0937. The largest absolute Gasteiger partial charge is 0.507 e. The fourth-order valence-electron chi connectivity index (χ4n) is 3.66. The number of halogens is 2. The van der Waals surface area contributed by atoms with Crippen molar-refractivity contribution in [3.05, 3.63) is 95.3 Å². The van der Waals surface area contributed by atoms with Gasteiger partial charge in [-0.05, 0) is 42.8 Å². The number of ether oxygens (including phenoxy) is 1. The average Bonchev–Trinajstić information content (AvgIpc) is 3.06. The van der Waals surface area contributed by atoms with Crippen LogP contribution in [0.5, 0.6) is 5.75 Å². The number of hydrogen-bond acceptors (Lipinski definition) is 5. The summed E-state index contributed by atoms with van der Waals surface area (Å²) in [5, 5.41) is 11.1. The van der Waals surface area contributed by atoms with Crippen molar-refractivity contribution in [2.24, 2.45) is 0 Å². The number of rotatable bonds is 5. The number of amides is 1. The number of nitrogens with zero attached hydrogens (tertiary/aromatic N) is 2. The molecule has 0 radical (unpaired) electrons. The summed E-state index contributed by atoms with van der Waals surface area (Å²) in [7, 11) is 0. The Morgan fingerprint density at radius 3 is 2.66 bits per heavy atom. The van der Waals surface area contributed by atoms with Crippen LogP contribution in [-0.4, -0.2) is 28.4 Å². The number of aliphatic hydroxyl groups is 1.